The monoisotopic (exact) mass is 370 g/mol. The highest BCUT2D eigenvalue weighted by molar-refractivity contribution is 7.08. The first kappa shape index (κ1) is 15.5. The maximum Gasteiger partial charge on any atom is 0.139 e. The number of hydrogen-bond acceptors (Lipinski definition) is 2. The molecule has 0 saturated heterocycles. The molecule has 0 fully saturated rings. The molecular weight excluding hydrogens is 359 g/mol. The zero-order chi connectivity index (χ0) is 16.5. The standard InChI is InChI=1S/C19H12Cl2N2S/c20-15-8-4-7-14(16(15)21)18-17(12-5-2-1-3-6-12)22-19(23-18)13-9-10-24-11-13/h1-11H,(H,22,23). The fraction of sp³-hybridized carbons (Fsp3) is 0. The van der Waals surface area contributed by atoms with Crippen LogP contribution in [0.5, 0.6) is 0 Å². The summed E-state index contributed by atoms with van der Waals surface area (Å²) >= 11 is 14.3. The molecule has 2 heterocycles. The van der Waals surface area contributed by atoms with E-state index in [1.54, 1.807) is 17.4 Å². The Balaban J connectivity index is 1.96. The summed E-state index contributed by atoms with van der Waals surface area (Å²) in [6.45, 7) is 0. The number of rotatable bonds is 3. The number of benzene rings is 2. The Morgan fingerprint density at radius 1 is 0.875 bits per heavy atom. The van der Waals surface area contributed by atoms with Gasteiger partial charge in [-0.3, -0.25) is 0 Å². The first-order valence-corrected chi connectivity index (χ1v) is 9.06. The van der Waals surface area contributed by atoms with Crippen LogP contribution in [-0.2, 0) is 0 Å². The van der Waals surface area contributed by atoms with Gasteiger partial charge in [0.15, 0.2) is 0 Å². The largest absolute Gasteiger partial charge is 0.337 e. The minimum Gasteiger partial charge on any atom is -0.337 e. The van der Waals surface area contributed by atoms with E-state index in [4.69, 9.17) is 28.2 Å². The summed E-state index contributed by atoms with van der Waals surface area (Å²) in [5, 5.41) is 5.15. The molecule has 0 radical (unpaired) electrons. The molecule has 2 aromatic heterocycles. The number of aromatic amines is 1. The van der Waals surface area contributed by atoms with E-state index in [0.717, 1.165) is 33.9 Å². The summed E-state index contributed by atoms with van der Waals surface area (Å²) < 4.78 is 0. The zero-order valence-corrected chi connectivity index (χ0v) is 14.8. The van der Waals surface area contributed by atoms with Crippen molar-refractivity contribution in [3.05, 3.63) is 75.4 Å². The fourth-order valence-electron chi connectivity index (χ4n) is 2.61. The van der Waals surface area contributed by atoms with E-state index < -0.39 is 0 Å². The Hall–Kier alpha value is -2.07. The Kier molecular flexibility index (Phi) is 4.15. The van der Waals surface area contributed by atoms with Crippen molar-refractivity contribution in [1.82, 2.24) is 9.97 Å². The molecule has 0 amide bonds. The van der Waals surface area contributed by atoms with Gasteiger partial charge in [-0.25, -0.2) is 4.98 Å². The lowest BCUT2D eigenvalue weighted by atomic mass is 10.1. The van der Waals surface area contributed by atoms with Gasteiger partial charge in [0.2, 0.25) is 0 Å². The highest BCUT2D eigenvalue weighted by Crippen LogP contribution is 2.39. The predicted octanol–water partition coefficient (Wildman–Crippen LogP) is 6.78. The van der Waals surface area contributed by atoms with Crippen LogP contribution >= 0.6 is 34.5 Å². The highest BCUT2D eigenvalue weighted by atomic mass is 35.5. The van der Waals surface area contributed by atoms with Crippen LogP contribution in [0.1, 0.15) is 0 Å². The second kappa shape index (κ2) is 6.44. The molecule has 4 rings (SSSR count). The van der Waals surface area contributed by atoms with Gasteiger partial charge in [0.1, 0.15) is 5.82 Å². The first-order chi connectivity index (χ1) is 11.7. The highest BCUT2D eigenvalue weighted by Gasteiger charge is 2.18. The molecule has 5 heteroatoms. The molecule has 0 aliphatic heterocycles. The van der Waals surface area contributed by atoms with Crippen molar-refractivity contribution in [2.45, 2.75) is 0 Å². The van der Waals surface area contributed by atoms with E-state index in [1.165, 1.54) is 0 Å². The Labute approximate surface area is 153 Å². The molecule has 2 nitrogen and oxygen atoms in total. The smallest absolute Gasteiger partial charge is 0.139 e. The van der Waals surface area contributed by atoms with Crippen molar-refractivity contribution in [1.29, 1.82) is 0 Å². The average molecular weight is 371 g/mol. The molecule has 2 aromatic carbocycles. The van der Waals surface area contributed by atoms with Gasteiger partial charge in [-0.2, -0.15) is 11.3 Å². The molecule has 24 heavy (non-hydrogen) atoms. The van der Waals surface area contributed by atoms with Crippen LogP contribution in [0.2, 0.25) is 10.0 Å². The number of hydrogen-bond donors (Lipinski definition) is 1. The SMILES string of the molecule is Clc1cccc(-c2[nH]c(-c3ccsc3)nc2-c2ccccc2)c1Cl. The summed E-state index contributed by atoms with van der Waals surface area (Å²) in [7, 11) is 0. The Bertz CT molecular complexity index is 976. The Morgan fingerprint density at radius 3 is 2.46 bits per heavy atom. The zero-order valence-electron chi connectivity index (χ0n) is 12.5. The second-order valence-electron chi connectivity index (χ2n) is 5.29. The fourth-order valence-corrected chi connectivity index (χ4v) is 3.64. The van der Waals surface area contributed by atoms with E-state index in [0.29, 0.717) is 10.0 Å². The van der Waals surface area contributed by atoms with Crippen LogP contribution < -0.4 is 0 Å². The Morgan fingerprint density at radius 2 is 1.71 bits per heavy atom. The lowest BCUT2D eigenvalue weighted by Crippen LogP contribution is -1.85. The van der Waals surface area contributed by atoms with Crippen molar-refractivity contribution in [3.63, 3.8) is 0 Å². The van der Waals surface area contributed by atoms with Crippen LogP contribution in [0.25, 0.3) is 33.9 Å². The first-order valence-electron chi connectivity index (χ1n) is 7.36. The van der Waals surface area contributed by atoms with E-state index in [9.17, 15) is 0 Å². The summed E-state index contributed by atoms with van der Waals surface area (Å²) in [4.78, 5) is 8.24. The third kappa shape index (κ3) is 2.75. The van der Waals surface area contributed by atoms with Gasteiger partial charge in [0.25, 0.3) is 0 Å². The molecule has 0 bridgehead atoms. The van der Waals surface area contributed by atoms with Crippen LogP contribution in [0.15, 0.2) is 65.4 Å². The van der Waals surface area contributed by atoms with Crippen molar-refractivity contribution >= 4 is 34.5 Å². The lowest BCUT2D eigenvalue weighted by molar-refractivity contribution is 1.32. The van der Waals surface area contributed by atoms with Gasteiger partial charge in [0, 0.05) is 22.1 Å². The van der Waals surface area contributed by atoms with Crippen LogP contribution in [0.3, 0.4) is 0 Å². The molecule has 1 N–H and O–H groups in total. The van der Waals surface area contributed by atoms with Gasteiger partial charge in [-0.05, 0) is 17.5 Å². The maximum atomic E-state index is 6.44. The second-order valence-corrected chi connectivity index (χ2v) is 6.85. The minimum atomic E-state index is 0.525. The van der Waals surface area contributed by atoms with Crippen molar-refractivity contribution in [3.8, 4) is 33.9 Å². The van der Waals surface area contributed by atoms with Gasteiger partial charge < -0.3 is 4.98 Å². The molecule has 0 aliphatic rings. The molecule has 4 aromatic rings. The van der Waals surface area contributed by atoms with E-state index >= 15 is 0 Å². The number of halogens is 2. The normalized spacial score (nSPS) is 10.9. The molecule has 118 valence electrons. The summed E-state index contributed by atoms with van der Waals surface area (Å²) in [6, 6.07) is 17.7. The third-order valence-corrected chi connectivity index (χ3v) is 5.27. The van der Waals surface area contributed by atoms with E-state index in [2.05, 4.69) is 10.4 Å². The number of nitrogens with one attached hydrogen (secondary N) is 1. The van der Waals surface area contributed by atoms with Gasteiger partial charge in [0.05, 0.1) is 21.4 Å². The topological polar surface area (TPSA) is 28.7 Å². The number of nitrogens with zero attached hydrogens (tertiary/aromatic N) is 1. The number of aromatic nitrogens is 2. The van der Waals surface area contributed by atoms with Crippen LogP contribution in [0, 0.1) is 0 Å². The quantitative estimate of drug-likeness (QED) is 0.422. The van der Waals surface area contributed by atoms with Gasteiger partial charge in [-0.15, -0.1) is 0 Å². The molecule has 0 aliphatic carbocycles. The molecule has 0 spiro atoms. The van der Waals surface area contributed by atoms with E-state index in [-0.39, 0.29) is 0 Å². The van der Waals surface area contributed by atoms with Crippen molar-refractivity contribution in [2.24, 2.45) is 0 Å². The average Bonchev–Trinajstić information content (AvgIpc) is 3.27. The number of H-pyrrole nitrogens is 1. The molecule has 0 unspecified atom stereocenters. The van der Waals surface area contributed by atoms with Crippen LogP contribution in [-0.4, -0.2) is 9.97 Å². The number of thiophene rings is 1. The van der Waals surface area contributed by atoms with E-state index in [1.807, 2.05) is 53.9 Å². The lowest BCUT2D eigenvalue weighted by Gasteiger charge is -2.06. The van der Waals surface area contributed by atoms with Crippen molar-refractivity contribution < 1.29 is 0 Å². The molecular formula is C19H12Cl2N2S. The molecule has 0 saturated carbocycles. The third-order valence-electron chi connectivity index (χ3n) is 3.77. The maximum absolute atomic E-state index is 6.44. The minimum absolute atomic E-state index is 0.525. The number of imidazole rings is 1. The van der Waals surface area contributed by atoms with Gasteiger partial charge >= 0.3 is 0 Å². The predicted molar refractivity (Wildman–Crippen MR) is 103 cm³/mol. The summed E-state index contributed by atoms with van der Waals surface area (Å²) in [5.41, 5.74) is 4.66. The van der Waals surface area contributed by atoms with Gasteiger partial charge in [-0.1, -0.05) is 65.7 Å². The molecule has 0 atom stereocenters. The van der Waals surface area contributed by atoms with Crippen molar-refractivity contribution in [2.75, 3.05) is 0 Å². The summed E-state index contributed by atoms with van der Waals surface area (Å²) in [6.07, 6.45) is 0. The van der Waals surface area contributed by atoms with Crippen LogP contribution in [0.4, 0.5) is 0 Å². The summed E-state index contributed by atoms with van der Waals surface area (Å²) in [5.74, 6) is 0.821.